The molecule has 0 atom stereocenters. The standard InChI is InChI=1S/C14H10ClF2N3O3S.C14H12F2N4O/c1-20-12(8-4-5-18-11(8)14(20)24(15,22)23)13(21)19-7-2-3-9(16)10(17)6-7;1-20-12(8-4-5-18-11(8)13(20)17)14(21)19-7-2-3-9(15)10(16)6-7/h2-6,18H,1H3,(H,19,21);2-6,18H,17H2,1H3,(H,19,21). The summed E-state index contributed by atoms with van der Waals surface area (Å²) in [6.07, 6.45) is 3.14. The zero-order chi connectivity index (χ0) is 32.8. The number of halogens is 5. The van der Waals surface area contributed by atoms with Gasteiger partial charge in [-0.25, -0.2) is 26.0 Å². The van der Waals surface area contributed by atoms with E-state index in [2.05, 4.69) is 20.6 Å². The van der Waals surface area contributed by atoms with Crippen molar-refractivity contribution in [1.29, 1.82) is 0 Å². The van der Waals surface area contributed by atoms with Crippen molar-refractivity contribution in [3.05, 3.63) is 95.6 Å². The molecule has 0 aliphatic heterocycles. The molecule has 0 saturated carbocycles. The number of H-pyrrole nitrogens is 2. The minimum Gasteiger partial charge on any atom is -0.383 e. The Morgan fingerprint density at radius 3 is 1.64 bits per heavy atom. The number of hydrogen-bond donors (Lipinski definition) is 5. The van der Waals surface area contributed by atoms with Crippen molar-refractivity contribution in [1.82, 2.24) is 19.1 Å². The van der Waals surface area contributed by atoms with Crippen LogP contribution in [0, 0.1) is 23.3 Å². The molecule has 0 bridgehead atoms. The van der Waals surface area contributed by atoms with Crippen molar-refractivity contribution in [2.45, 2.75) is 5.03 Å². The van der Waals surface area contributed by atoms with E-state index in [-0.39, 0.29) is 27.6 Å². The molecule has 17 heteroatoms. The second-order valence-electron chi connectivity index (χ2n) is 9.64. The molecule has 0 saturated heterocycles. The van der Waals surface area contributed by atoms with Crippen LogP contribution in [-0.4, -0.2) is 39.3 Å². The summed E-state index contributed by atoms with van der Waals surface area (Å²) < 4.78 is 78.4. The lowest BCUT2D eigenvalue weighted by molar-refractivity contribution is 0.101. The zero-order valence-electron chi connectivity index (χ0n) is 23.2. The average Bonchev–Trinajstić information content (AvgIpc) is 3.72. The highest BCUT2D eigenvalue weighted by Gasteiger charge is 2.28. The van der Waals surface area contributed by atoms with Crippen molar-refractivity contribution < 1.29 is 35.6 Å². The first-order valence-electron chi connectivity index (χ1n) is 12.7. The smallest absolute Gasteiger partial charge is 0.278 e. The summed E-state index contributed by atoms with van der Waals surface area (Å²) in [5, 5.41) is 5.65. The fourth-order valence-corrected chi connectivity index (χ4v) is 6.18. The van der Waals surface area contributed by atoms with Gasteiger partial charge in [-0.1, -0.05) is 0 Å². The van der Waals surface area contributed by atoms with E-state index in [0.29, 0.717) is 27.8 Å². The number of fused-ring (bicyclic) bond motifs is 2. The molecule has 234 valence electrons. The first-order valence-corrected chi connectivity index (χ1v) is 15.0. The molecule has 0 radical (unpaired) electrons. The fourth-order valence-electron chi connectivity index (χ4n) is 4.80. The van der Waals surface area contributed by atoms with Gasteiger partial charge in [-0.15, -0.1) is 0 Å². The highest BCUT2D eigenvalue weighted by Crippen LogP contribution is 2.31. The van der Waals surface area contributed by atoms with Gasteiger partial charge in [-0.2, -0.15) is 0 Å². The molecule has 6 rings (SSSR count). The molecule has 4 aromatic heterocycles. The molecule has 4 heterocycles. The average molecular weight is 664 g/mol. The molecule has 6 aromatic rings. The molecule has 0 spiro atoms. The lowest BCUT2D eigenvalue weighted by Gasteiger charge is -2.08. The molecule has 0 unspecified atom stereocenters. The summed E-state index contributed by atoms with van der Waals surface area (Å²) in [5.74, 6) is -4.88. The number of nitrogens with zero attached hydrogens (tertiary/aromatic N) is 2. The molecule has 6 N–H and O–H groups in total. The quantitative estimate of drug-likeness (QED) is 0.120. The Morgan fingerprint density at radius 1 is 0.733 bits per heavy atom. The number of anilines is 3. The topological polar surface area (TPSA) is 160 Å². The van der Waals surface area contributed by atoms with Gasteiger partial charge in [0.05, 0.1) is 11.0 Å². The third-order valence-electron chi connectivity index (χ3n) is 6.83. The van der Waals surface area contributed by atoms with Gasteiger partial charge in [0.1, 0.15) is 17.2 Å². The Hall–Kier alpha value is -5.22. The lowest BCUT2D eigenvalue weighted by atomic mass is 10.2. The van der Waals surface area contributed by atoms with E-state index in [1.54, 1.807) is 19.3 Å². The van der Waals surface area contributed by atoms with Crippen LogP contribution >= 0.6 is 10.7 Å². The number of benzene rings is 2. The van der Waals surface area contributed by atoms with Crippen molar-refractivity contribution in [2.24, 2.45) is 14.1 Å². The molecule has 2 amide bonds. The van der Waals surface area contributed by atoms with Crippen LogP contribution < -0.4 is 16.4 Å². The summed E-state index contributed by atoms with van der Waals surface area (Å²) in [5.41, 5.74) is 7.29. The molecule has 45 heavy (non-hydrogen) atoms. The number of hydrogen-bond acceptors (Lipinski definition) is 5. The van der Waals surface area contributed by atoms with Crippen LogP contribution in [0.4, 0.5) is 34.8 Å². The first-order chi connectivity index (χ1) is 21.2. The van der Waals surface area contributed by atoms with Crippen molar-refractivity contribution in [3.63, 3.8) is 0 Å². The van der Waals surface area contributed by atoms with Crippen LogP contribution in [0.1, 0.15) is 21.0 Å². The van der Waals surface area contributed by atoms with Crippen LogP contribution in [-0.2, 0) is 23.1 Å². The number of rotatable bonds is 5. The van der Waals surface area contributed by atoms with Gasteiger partial charge in [-0.3, -0.25) is 9.59 Å². The maximum absolute atomic E-state index is 13.2. The summed E-state index contributed by atoms with van der Waals surface area (Å²) in [6.45, 7) is 0. The van der Waals surface area contributed by atoms with Crippen molar-refractivity contribution in [3.8, 4) is 0 Å². The Bertz CT molecular complexity index is 2240. The number of nitrogens with two attached hydrogens (primary N) is 1. The predicted molar refractivity (Wildman–Crippen MR) is 161 cm³/mol. The SMILES string of the molecule is Cn1c(C(=O)Nc2ccc(F)c(F)c2)c2cc[nH]c2c1N.Cn1c(C(=O)Nc2ccc(F)c(F)c2)c2cc[nH]c2c1S(=O)(=O)Cl. The Balaban J connectivity index is 0.000000179. The summed E-state index contributed by atoms with van der Waals surface area (Å²) in [7, 11) is 4.33. The first kappa shape index (κ1) is 31.2. The second kappa shape index (κ2) is 11.7. The van der Waals surface area contributed by atoms with Gasteiger partial charge in [0.25, 0.3) is 20.9 Å². The van der Waals surface area contributed by atoms with Crippen molar-refractivity contribution >= 4 is 70.5 Å². The number of aromatic nitrogens is 4. The Labute approximate surface area is 256 Å². The number of nitrogen functional groups attached to an aromatic ring is 1. The number of carbonyl (C=O) groups is 2. The molecule has 2 aromatic carbocycles. The maximum atomic E-state index is 13.2. The van der Waals surface area contributed by atoms with Crippen LogP contribution in [0.15, 0.2) is 66.0 Å². The molecule has 0 aliphatic rings. The van der Waals surface area contributed by atoms with Gasteiger partial charge in [0.15, 0.2) is 28.3 Å². The molecular weight excluding hydrogens is 642 g/mol. The fraction of sp³-hybridized carbons (Fsp3) is 0.0714. The number of nitrogens with one attached hydrogen (secondary N) is 4. The minimum absolute atomic E-state index is 0.00945. The molecular formula is C28H22ClF4N7O4S. The highest BCUT2D eigenvalue weighted by atomic mass is 35.7. The van der Waals surface area contributed by atoms with E-state index in [9.17, 15) is 35.6 Å². The molecule has 0 aliphatic carbocycles. The van der Waals surface area contributed by atoms with E-state index in [4.69, 9.17) is 16.4 Å². The van der Waals surface area contributed by atoms with Gasteiger partial charge >= 0.3 is 0 Å². The molecule has 0 fully saturated rings. The summed E-state index contributed by atoms with van der Waals surface area (Å²) >= 11 is 0. The van der Waals surface area contributed by atoms with E-state index in [0.717, 1.165) is 28.8 Å². The lowest BCUT2D eigenvalue weighted by Crippen LogP contribution is -2.17. The van der Waals surface area contributed by atoms with Crippen LogP contribution in [0.2, 0.25) is 0 Å². The minimum atomic E-state index is -4.11. The zero-order valence-corrected chi connectivity index (χ0v) is 24.7. The van der Waals surface area contributed by atoms with Gasteiger partial charge in [0.2, 0.25) is 0 Å². The summed E-state index contributed by atoms with van der Waals surface area (Å²) in [6, 6.07) is 9.29. The molecule has 11 nitrogen and oxygen atoms in total. The Kier molecular flexibility index (Phi) is 8.12. The second-order valence-corrected chi connectivity index (χ2v) is 12.1. The van der Waals surface area contributed by atoms with E-state index in [1.165, 1.54) is 36.0 Å². The normalized spacial score (nSPS) is 11.4. The predicted octanol–water partition coefficient (Wildman–Crippen LogP) is 5.58. The monoisotopic (exact) mass is 663 g/mol. The van der Waals surface area contributed by atoms with Crippen LogP contribution in [0.5, 0.6) is 0 Å². The van der Waals surface area contributed by atoms with E-state index < -0.39 is 44.1 Å². The largest absolute Gasteiger partial charge is 0.383 e. The van der Waals surface area contributed by atoms with E-state index >= 15 is 0 Å². The maximum Gasteiger partial charge on any atom is 0.278 e. The van der Waals surface area contributed by atoms with Gasteiger partial charge in [-0.05, 0) is 36.4 Å². The number of carbonyl (C=O) groups excluding carboxylic acids is 2. The van der Waals surface area contributed by atoms with Gasteiger partial charge < -0.3 is 35.5 Å². The Morgan fingerprint density at radius 2 is 1.18 bits per heavy atom. The van der Waals surface area contributed by atoms with Crippen molar-refractivity contribution in [2.75, 3.05) is 16.4 Å². The number of aromatic amines is 2. The highest BCUT2D eigenvalue weighted by molar-refractivity contribution is 8.13. The third kappa shape index (κ3) is 5.84. The third-order valence-corrected chi connectivity index (χ3v) is 8.21. The number of amides is 2. The summed E-state index contributed by atoms with van der Waals surface area (Å²) in [4.78, 5) is 30.5. The van der Waals surface area contributed by atoms with Crippen LogP contribution in [0.3, 0.4) is 0 Å². The van der Waals surface area contributed by atoms with Gasteiger partial charge in [0, 0.05) is 71.5 Å². The van der Waals surface area contributed by atoms with E-state index in [1.807, 2.05) is 0 Å². The van der Waals surface area contributed by atoms with Crippen LogP contribution in [0.25, 0.3) is 21.8 Å².